The predicted octanol–water partition coefficient (Wildman–Crippen LogP) is 10.2. The average molecular weight is 824 g/mol. The van der Waals surface area contributed by atoms with Crippen LogP contribution in [-0.2, 0) is 42.2 Å². The highest BCUT2D eigenvalue weighted by atomic mass is 31.2. The van der Waals surface area contributed by atoms with Crippen molar-refractivity contribution in [3.05, 3.63) is 60.8 Å². The Labute approximate surface area is 343 Å². The molecule has 0 bridgehead atoms. The smallest absolute Gasteiger partial charge is 0.472 e. The van der Waals surface area contributed by atoms with Crippen molar-refractivity contribution < 1.29 is 52.2 Å². The molecule has 1 saturated heterocycles. The molecule has 3 unspecified atom stereocenters. The van der Waals surface area contributed by atoms with Crippen LogP contribution in [0.15, 0.2) is 60.8 Å². The van der Waals surface area contributed by atoms with Crippen LogP contribution in [0.4, 0.5) is 0 Å². The molecule has 1 rings (SSSR count). The molecular formula is C44H74NO11P. The fourth-order valence-electron chi connectivity index (χ4n) is 5.65. The molecule has 57 heavy (non-hydrogen) atoms. The average Bonchev–Trinajstić information content (AvgIpc) is 3.94. The van der Waals surface area contributed by atoms with Crippen molar-refractivity contribution in [3.63, 3.8) is 0 Å². The summed E-state index contributed by atoms with van der Waals surface area (Å²) in [6.07, 6.45) is 41.7. The van der Waals surface area contributed by atoms with Crippen LogP contribution in [0.1, 0.15) is 155 Å². The van der Waals surface area contributed by atoms with Gasteiger partial charge in [0.05, 0.1) is 25.4 Å². The van der Waals surface area contributed by atoms with E-state index >= 15 is 0 Å². The van der Waals surface area contributed by atoms with E-state index in [-0.39, 0.29) is 19.4 Å². The van der Waals surface area contributed by atoms with E-state index in [1.165, 1.54) is 38.5 Å². The number of epoxide rings is 1. The summed E-state index contributed by atoms with van der Waals surface area (Å²) >= 11 is 0. The zero-order valence-electron chi connectivity index (χ0n) is 34.9. The molecule has 0 aromatic heterocycles. The number of ether oxygens (including phenoxy) is 3. The van der Waals surface area contributed by atoms with Crippen LogP contribution in [0.3, 0.4) is 0 Å². The lowest BCUT2D eigenvalue weighted by molar-refractivity contribution is -0.161. The number of carboxylic acids is 1. The quantitative estimate of drug-likeness (QED) is 0.0176. The molecule has 0 spiro atoms. The van der Waals surface area contributed by atoms with Crippen molar-refractivity contribution in [2.45, 2.75) is 179 Å². The number of hydrogen-bond donors (Lipinski definition) is 3. The monoisotopic (exact) mass is 823 g/mol. The molecule has 1 aliphatic rings. The first-order valence-electron chi connectivity index (χ1n) is 21.4. The molecule has 0 aliphatic carbocycles. The Balaban J connectivity index is 2.35. The maximum Gasteiger partial charge on any atom is 0.472 e. The summed E-state index contributed by atoms with van der Waals surface area (Å²) in [6, 6.07) is -1.54. The fraction of sp³-hybridized carbons (Fsp3) is 0.705. The van der Waals surface area contributed by atoms with E-state index in [9.17, 15) is 23.8 Å². The van der Waals surface area contributed by atoms with E-state index in [2.05, 4.69) is 67.0 Å². The molecule has 4 N–H and O–H groups in total. The van der Waals surface area contributed by atoms with Crippen molar-refractivity contribution in [1.82, 2.24) is 0 Å². The number of phosphoric acid groups is 1. The van der Waals surface area contributed by atoms with Crippen LogP contribution >= 0.6 is 7.82 Å². The minimum absolute atomic E-state index is 0.0763. The van der Waals surface area contributed by atoms with E-state index in [4.69, 9.17) is 29.6 Å². The first-order valence-corrected chi connectivity index (χ1v) is 22.9. The third kappa shape index (κ3) is 32.8. The van der Waals surface area contributed by atoms with Gasteiger partial charge in [-0.05, 0) is 77.0 Å². The Hall–Kier alpha value is -2.86. The van der Waals surface area contributed by atoms with Gasteiger partial charge in [0.2, 0.25) is 0 Å². The molecule has 326 valence electrons. The molecule has 0 amide bonds. The molecule has 0 aromatic rings. The van der Waals surface area contributed by atoms with E-state index in [0.29, 0.717) is 31.5 Å². The molecule has 1 aliphatic heterocycles. The maximum atomic E-state index is 12.6. The zero-order chi connectivity index (χ0) is 41.8. The van der Waals surface area contributed by atoms with E-state index in [0.717, 1.165) is 70.6 Å². The maximum absolute atomic E-state index is 12.6. The SMILES string of the molecule is CCCCC/C=C\C/C=C\C/C=C\C/C=C\CCCC(=O)O[C@H](COC(=O)CCCCCCCC1OC1C/C=C\CCCCC)COP(=O)(O)OC[C@H](N)C(=O)O. The molecule has 1 heterocycles. The van der Waals surface area contributed by atoms with Crippen molar-refractivity contribution in [3.8, 4) is 0 Å². The van der Waals surface area contributed by atoms with Crippen LogP contribution < -0.4 is 5.73 Å². The van der Waals surface area contributed by atoms with Crippen LogP contribution in [0.25, 0.3) is 0 Å². The van der Waals surface area contributed by atoms with Gasteiger partial charge in [-0.3, -0.25) is 23.4 Å². The van der Waals surface area contributed by atoms with Gasteiger partial charge in [0.15, 0.2) is 6.10 Å². The number of carbonyl (C=O) groups is 3. The molecule has 13 heteroatoms. The summed E-state index contributed by atoms with van der Waals surface area (Å²) in [5.41, 5.74) is 5.33. The second-order valence-electron chi connectivity index (χ2n) is 14.5. The first kappa shape index (κ1) is 52.2. The fourth-order valence-corrected chi connectivity index (χ4v) is 6.43. The van der Waals surface area contributed by atoms with Crippen molar-refractivity contribution >= 4 is 25.7 Å². The summed E-state index contributed by atoms with van der Waals surface area (Å²) in [4.78, 5) is 46.0. The van der Waals surface area contributed by atoms with Gasteiger partial charge in [-0.1, -0.05) is 126 Å². The van der Waals surface area contributed by atoms with Gasteiger partial charge in [0, 0.05) is 12.8 Å². The van der Waals surface area contributed by atoms with Gasteiger partial charge in [0.25, 0.3) is 0 Å². The van der Waals surface area contributed by atoms with Crippen molar-refractivity contribution in [2.75, 3.05) is 19.8 Å². The molecule has 0 aromatic carbocycles. The predicted molar refractivity (Wildman–Crippen MR) is 225 cm³/mol. The number of unbranched alkanes of at least 4 members (excludes halogenated alkanes) is 11. The van der Waals surface area contributed by atoms with E-state index in [1.54, 1.807) is 0 Å². The van der Waals surface area contributed by atoms with Crippen LogP contribution in [0, 0.1) is 0 Å². The zero-order valence-corrected chi connectivity index (χ0v) is 35.7. The number of phosphoric ester groups is 1. The Morgan fingerprint density at radius 2 is 1.18 bits per heavy atom. The number of esters is 2. The molecule has 12 nitrogen and oxygen atoms in total. The summed E-state index contributed by atoms with van der Waals surface area (Å²) in [6.45, 7) is 2.65. The van der Waals surface area contributed by atoms with Gasteiger partial charge in [-0.2, -0.15) is 0 Å². The number of nitrogens with two attached hydrogens (primary N) is 1. The second kappa shape index (κ2) is 35.1. The topological polar surface area (TPSA) is 184 Å². The molecular weight excluding hydrogens is 749 g/mol. The highest BCUT2D eigenvalue weighted by molar-refractivity contribution is 7.47. The van der Waals surface area contributed by atoms with E-state index in [1.807, 2.05) is 12.2 Å². The summed E-state index contributed by atoms with van der Waals surface area (Å²) in [5.74, 6) is -2.49. The summed E-state index contributed by atoms with van der Waals surface area (Å²) in [7, 11) is -4.74. The van der Waals surface area contributed by atoms with Gasteiger partial charge in [-0.15, -0.1) is 0 Å². The Kier molecular flexibility index (Phi) is 32.1. The number of aliphatic carboxylic acids is 1. The number of carboxylic acid groups (broad SMARTS) is 1. The van der Waals surface area contributed by atoms with Crippen LogP contribution in [0.2, 0.25) is 0 Å². The second-order valence-corrected chi connectivity index (χ2v) is 16.0. The lowest BCUT2D eigenvalue weighted by atomic mass is 10.1. The number of rotatable bonds is 38. The third-order valence-corrected chi connectivity index (χ3v) is 10.1. The molecule has 5 atom stereocenters. The lowest BCUT2D eigenvalue weighted by Gasteiger charge is -2.20. The highest BCUT2D eigenvalue weighted by Gasteiger charge is 2.36. The van der Waals surface area contributed by atoms with Gasteiger partial charge >= 0.3 is 25.7 Å². The number of carbonyl (C=O) groups excluding carboxylic acids is 2. The normalized spacial score (nSPS) is 17.9. The molecule has 0 radical (unpaired) electrons. The van der Waals surface area contributed by atoms with Gasteiger partial charge < -0.3 is 29.9 Å². The van der Waals surface area contributed by atoms with Crippen molar-refractivity contribution in [1.29, 1.82) is 0 Å². The standard InChI is InChI=1S/C44H74NO11P/c1-3-5-7-9-11-12-13-14-15-16-17-18-19-20-21-25-30-34-43(47)55-38(36-53-57(50,51)54-37-39(45)44(48)49)35-52-42(46)33-29-26-22-24-28-32-41-40(56-41)31-27-23-10-8-6-4-2/h11-12,14-15,17-18,20-21,23,27,38-41H,3-10,13,16,19,22,24-26,28-37,45H2,1-2H3,(H,48,49)(H,50,51)/b12-11-,15-14-,18-17-,21-20-,27-23-/t38-,39+,40?,41?/m1/s1. The molecule has 0 saturated carbocycles. The van der Waals surface area contributed by atoms with E-state index < -0.39 is 51.1 Å². The first-order chi connectivity index (χ1) is 27.6. The lowest BCUT2D eigenvalue weighted by Crippen LogP contribution is -2.34. The van der Waals surface area contributed by atoms with Crippen LogP contribution in [-0.4, -0.2) is 72.1 Å². The van der Waals surface area contributed by atoms with Crippen molar-refractivity contribution in [2.24, 2.45) is 5.73 Å². The third-order valence-electron chi connectivity index (χ3n) is 9.16. The number of allylic oxidation sites excluding steroid dienone is 9. The Morgan fingerprint density at radius 3 is 1.79 bits per heavy atom. The minimum atomic E-state index is -4.74. The molecule has 1 fully saturated rings. The summed E-state index contributed by atoms with van der Waals surface area (Å²) in [5, 5.41) is 8.89. The largest absolute Gasteiger partial charge is 0.480 e. The minimum Gasteiger partial charge on any atom is -0.480 e. The highest BCUT2D eigenvalue weighted by Crippen LogP contribution is 2.43. The number of hydrogen-bond acceptors (Lipinski definition) is 10. The Morgan fingerprint density at radius 1 is 0.649 bits per heavy atom. The van der Waals surface area contributed by atoms with Gasteiger partial charge in [-0.25, -0.2) is 4.57 Å². The Bertz CT molecular complexity index is 1260. The van der Waals surface area contributed by atoms with Crippen LogP contribution in [0.5, 0.6) is 0 Å². The van der Waals surface area contributed by atoms with Gasteiger partial charge in [0.1, 0.15) is 12.6 Å². The summed E-state index contributed by atoms with van der Waals surface area (Å²) < 4.78 is 38.4.